The maximum atomic E-state index is 12.4. The van der Waals surface area contributed by atoms with Crippen molar-refractivity contribution in [2.75, 3.05) is 26.1 Å². The van der Waals surface area contributed by atoms with Gasteiger partial charge in [-0.25, -0.2) is 15.0 Å². The number of carbonyl (C=O) groups excluding carboxylic acids is 1. The molecule has 27 heavy (non-hydrogen) atoms. The molecule has 8 nitrogen and oxygen atoms in total. The topological polar surface area (TPSA) is 93.1 Å². The van der Waals surface area contributed by atoms with E-state index in [9.17, 15) is 4.79 Å². The second kappa shape index (κ2) is 8.22. The van der Waals surface area contributed by atoms with Gasteiger partial charge in [0.05, 0.1) is 19.3 Å². The lowest BCUT2D eigenvalue weighted by Gasteiger charge is -2.14. The maximum Gasteiger partial charge on any atom is 0.251 e. The van der Waals surface area contributed by atoms with Crippen molar-refractivity contribution in [3.8, 4) is 17.3 Å². The Morgan fingerprint density at radius 1 is 1.11 bits per heavy atom. The van der Waals surface area contributed by atoms with E-state index in [1.807, 2.05) is 37.2 Å². The number of pyridine rings is 2. The van der Waals surface area contributed by atoms with E-state index >= 15 is 0 Å². The van der Waals surface area contributed by atoms with E-state index in [1.165, 1.54) is 13.3 Å². The van der Waals surface area contributed by atoms with Crippen molar-refractivity contribution >= 4 is 11.7 Å². The Bertz CT molecular complexity index is 930. The zero-order valence-electron chi connectivity index (χ0n) is 15.4. The molecule has 0 spiro atoms. The second-order valence-corrected chi connectivity index (χ2v) is 5.94. The quantitative estimate of drug-likeness (QED) is 0.714. The fourth-order valence-corrected chi connectivity index (χ4v) is 2.37. The number of nitrogens with one attached hydrogen (secondary N) is 1. The highest BCUT2D eigenvalue weighted by Gasteiger charge is 2.11. The Morgan fingerprint density at radius 3 is 2.59 bits per heavy atom. The first kappa shape index (κ1) is 18.2. The average Bonchev–Trinajstić information content (AvgIpc) is 2.72. The number of amides is 1. The minimum absolute atomic E-state index is 0.230. The largest absolute Gasteiger partial charge is 0.481 e. The van der Waals surface area contributed by atoms with Crippen molar-refractivity contribution < 1.29 is 9.53 Å². The van der Waals surface area contributed by atoms with Gasteiger partial charge in [0, 0.05) is 55.9 Å². The van der Waals surface area contributed by atoms with E-state index in [1.54, 1.807) is 24.5 Å². The van der Waals surface area contributed by atoms with Crippen molar-refractivity contribution in [3.05, 3.63) is 60.2 Å². The molecular formula is C19H20N6O2. The van der Waals surface area contributed by atoms with Gasteiger partial charge in [0.25, 0.3) is 5.91 Å². The van der Waals surface area contributed by atoms with Crippen molar-refractivity contribution in [2.24, 2.45) is 0 Å². The molecule has 0 aliphatic rings. The number of rotatable bonds is 6. The summed E-state index contributed by atoms with van der Waals surface area (Å²) in [6, 6.07) is 8.76. The average molecular weight is 364 g/mol. The van der Waals surface area contributed by atoms with Gasteiger partial charge in [0.2, 0.25) is 5.88 Å². The lowest BCUT2D eigenvalue weighted by Crippen LogP contribution is -2.24. The molecule has 0 saturated heterocycles. The number of nitrogens with zero attached hydrogens (tertiary/aromatic N) is 5. The molecule has 1 N–H and O–H groups in total. The van der Waals surface area contributed by atoms with Crippen LogP contribution < -0.4 is 15.0 Å². The Balaban J connectivity index is 1.81. The fraction of sp³-hybridized carbons (Fsp3) is 0.211. The standard InChI is InChI=1S/C19H20N6O2/c1-25(2)16-11-15(23-18(24-16)13-4-7-20-8-5-13)12-22-19(26)14-6-9-21-17(10-14)27-3/h4-11H,12H2,1-3H3,(H,22,26). The number of anilines is 1. The van der Waals surface area contributed by atoms with E-state index < -0.39 is 0 Å². The van der Waals surface area contributed by atoms with Gasteiger partial charge in [-0.2, -0.15) is 0 Å². The summed E-state index contributed by atoms with van der Waals surface area (Å²) >= 11 is 0. The first-order chi connectivity index (χ1) is 13.1. The zero-order chi connectivity index (χ0) is 19.2. The van der Waals surface area contributed by atoms with E-state index in [2.05, 4.69) is 25.3 Å². The van der Waals surface area contributed by atoms with Gasteiger partial charge in [-0.3, -0.25) is 9.78 Å². The van der Waals surface area contributed by atoms with Gasteiger partial charge in [-0.05, 0) is 18.2 Å². The summed E-state index contributed by atoms with van der Waals surface area (Å²) in [5.41, 5.74) is 2.04. The highest BCUT2D eigenvalue weighted by atomic mass is 16.5. The summed E-state index contributed by atoms with van der Waals surface area (Å²) < 4.78 is 5.05. The monoisotopic (exact) mass is 364 g/mol. The van der Waals surface area contributed by atoms with Crippen LogP contribution in [0.5, 0.6) is 5.88 Å². The number of ether oxygens (including phenoxy) is 1. The van der Waals surface area contributed by atoms with Crippen LogP contribution in [-0.4, -0.2) is 47.0 Å². The Labute approximate surface area is 157 Å². The number of methoxy groups -OCH3 is 1. The molecule has 0 aliphatic carbocycles. The van der Waals surface area contributed by atoms with Gasteiger partial charge in [-0.1, -0.05) is 0 Å². The second-order valence-electron chi connectivity index (χ2n) is 5.94. The maximum absolute atomic E-state index is 12.4. The third-order valence-electron chi connectivity index (χ3n) is 3.80. The molecule has 0 saturated carbocycles. The van der Waals surface area contributed by atoms with Crippen LogP contribution in [0.25, 0.3) is 11.4 Å². The molecule has 3 aromatic rings. The molecule has 3 rings (SSSR count). The molecule has 8 heteroatoms. The molecule has 0 bridgehead atoms. The summed E-state index contributed by atoms with van der Waals surface area (Å²) in [5.74, 6) is 1.50. The predicted octanol–water partition coefficient (Wildman–Crippen LogP) is 1.94. The summed E-state index contributed by atoms with van der Waals surface area (Å²) in [4.78, 5) is 31.4. The first-order valence-electron chi connectivity index (χ1n) is 8.30. The van der Waals surface area contributed by atoms with Crippen molar-refractivity contribution in [1.29, 1.82) is 0 Å². The summed E-state index contributed by atoms with van der Waals surface area (Å²) in [5, 5.41) is 2.87. The lowest BCUT2D eigenvalue weighted by atomic mass is 10.2. The zero-order valence-corrected chi connectivity index (χ0v) is 15.4. The van der Waals surface area contributed by atoms with Crippen molar-refractivity contribution in [3.63, 3.8) is 0 Å². The normalized spacial score (nSPS) is 10.3. The summed E-state index contributed by atoms with van der Waals surface area (Å²) in [6.45, 7) is 0.269. The molecular weight excluding hydrogens is 344 g/mol. The molecule has 1 amide bonds. The van der Waals surface area contributed by atoms with Crippen LogP contribution in [0.3, 0.4) is 0 Å². The van der Waals surface area contributed by atoms with Crippen LogP contribution in [0.4, 0.5) is 5.82 Å². The molecule has 138 valence electrons. The highest BCUT2D eigenvalue weighted by Crippen LogP contribution is 2.18. The van der Waals surface area contributed by atoms with Gasteiger partial charge in [0.1, 0.15) is 5.82 Å². The van der Waals surface area contributed by atoms with Crippen LogP contribution in [0.2, 0.25) is 0 Å². The molecule has 0 atom stereocenters. The lowest BCUT2D eigenvalue weighted by molar-refractivity contribution is 0.0950. The molecule has 3 aromatic heterocycles. The van der Waals surface area contributed by atoms with Crippen LogP contribution in [-0.2, 0) is 6.54 Å². The highest BCUT2D eigenvalue weighted by molar-refractivity contribution is 5.94. The molecule has 0 unspecified atom stereocenters. The summed E-state index contributed by atoms with van der Waals surface area (Å²) in [6.07, 6.45) is 4.92. The number of hydrogen-bond donors (Lipinski definition) is 1. The van der Waals surface area contributed by atoms with E-state index in [0.717, 1.165) is 11.4 Å². The van der Waals surface area contributed by atoms with Gasteiger partial charge >= 0.3 is 0 Å². The SMILES string of the molecule is COc1cc(C(=O)NCc2cc(N(C)C)nc(-c3ccncc3)n2)ccn1. The molecule has 3 heterocycles. The van der Waals surface area contributed by atoms with E-state index in [-0.39, 0.29) is 12.5 Å². The third-order valence-corrected chi connectivity index (χ3v) is 3.80. The molecule has 0 fully saturated rings. The number of hydrogen-bond acceptors (Lipinski definition) is 7. The minimum Gasteiger partial charge on any atom is -0.481 e. The number of carbonyl (C=O) groups is 1. The minimum atomic E-state index is -0.230. The Kier molecular flexibility index (Phi) is 5.55. The van der Waals surface area contributed by atoms with E-state index in [4.69, 9.17) is 4.74 Å². The van der Waals surface area contributed by atoms with Crippen LogP contribution in [0.1, 0.15) is 16.1 Å². The van der Waals surface area contributed by atoms with Crippen molar-refractivity contribution in [1.82, 2.24) is 25.3 Å². The van der Waals surface area contributed by atoms with E-state index in [0.29, 0.717) is 23.0 Å². The van der Waals surface area contributed by atoms with Crippen LogP contribution >= 0.6 is 0 Å². The third kappa shape index (κ3) is 4.55. The van der Waals surface area contributed by atoms with Gasteiger partial charge in [0.15, 0.2) is 5.82 Å². The molecule has 0 aromatic carbocycles. The van der Waals surface area contributed by atoms with Gasteiger partial charge < -0.3 is 15.0 Å². The Hall–Kier alpha value is -3.55. The smallest absolute Gasteiger partial charge is 0.251 e. The first-order valence-corrected chi connectivity index (χ1v) is 8.30. The fourth-order valence-electron chi connectivity index (χ4n) is 2.37. The van der Waals surface area contributed by atoms with Crippen LogP contribution in [0.15, 0.2) is 48.9 Å². The predicted molar refractivity (Wildman–Crippen MR) is 102 cm³/mol. The Morgan fingerprint density at radius 2 is 1.89 bits per heavy atom. The number of aromatic nitrogens is 4. The van der Waals surface area contributed by atoms with Crippen LogP contribution in [0, 0.1) is 0 Å². The van der Waals surface area contributed by atoms with Gasteiger partial charge in [-0.15, -0.1) is 0 Å². The summed E-state index contributed by atoms with van der Waals surface area (Å²) in [7, 11) is 5.32. The molecule has 0 radical (unpaired) electrons. The van der Waals surface area contributed by atoms with Crippen molar-refractivity contribution in [2.45, 2.75) is 6.54 Å². The molecule has 0 aliphatic heterocycles.